The van der Waals surface area contributed by atoms with Crippen LogP contribution in [-0.2, 0) is 0 Å². The van der Waals surface area contributed by atoms with Gasteiger partial charge in [0.05, 0.1) is 0 Å². The van der Waals surface area contributed by atoms with Gasteiger partial charge in [-0.05, 0) is 42.0 Å². The van der Waals surface area contributed by atoms with Gasteiger partial charge < -0.3 is 4.98 Å². The highest BCUT2D eigenvalue weighted by Gasteiger charge is 2.02. The van der Waals surface area contributed by atoms with E-state index < -0.39 is 0 Å². The van der Waals surface area contributed by atoms with Gasteiger partial charge in [-0.15, -0.1) is 0 Å². The number of carbonyl (C=O) groups excluding carboxylic acids is 1. The minimum Gasteiger partial charge on any atom is -0.361 e. The number of allylic oxidation sites excluding steroid dienone is 1. The number of para-hydroxylation sites is 1. The van der Waals surface area contributed by atoms with Crippen molar-refractivity contribution in [2.24, 2.45) is 5.10 Å². The Labute approximate surface area is 138 Å². The van der Waals surface area contributed by atoms with Crippen LogP contribution < -0.4 is 5.43 Å². The number of rotatable bonds is 4. The topological polar surface area (TPSA) is 57.2 Å². The van der Waals surface area contributed by atoms with Gasteiger partial charge in [0.25, 0.3) is 5.91 Å². The van der Waals surface area contributed by atoms with E-state index in [0.717, 1.165) is 16.5 Å². The lowest BCUT2D eigenvalue weighted by atomic mass is 10.2. The fraction of sp³-hybridized carbons (Fsp3) is 0. The van der Waals surface area contributed by atoms with Gasteiger partial charge in [-0.25, -0.2) is 5.43 Å². The first-order valence-electron chi connectivity index (χ1n) is 7.06. The summed E-state index contributed by atoms with van der Waals surface area (Å²) in [7, 11) is 0. The van der Waals surface area contributed by atoms with E-state index in [2.05, 4.69) is 15.5 Å². The standard InChI is InChI=1S/C18H14ClN3O/c19-15-9-7-13(8-10-15)18(23)22-21-11-3-4-14-12-20-17-6-2-1-5-16(14)17/h1-12,20H,(H,22,23)/b4-3+,21-11?. The Kier molecular flexibility index (Phi) is 4.54. The Morgan fingerprint density at radius 2 is 1.91 bits per heavy atom. The second kappa shape index (κ2) is 6.94. The molecule has 1 aromatic heterocycles. The maximum Gasteiger partial charge on any atom is 0.271 e. The first-order chi connectivity index (χ1) is 11.2. The number of hydrogen-bond acceptors (Lipinski definition) is 2. The molecule has 3 rings (SSSR count). The molecule has 1 amide bonds. The Hall–Kier alpha value is -2.85. The predicted octanol–water partition coefficient (Wildman–Crippen LogP) is 4.25. The number of amides is 1. The number of nitrogens with zero attached hydrogens (tertiary/aromatic N) is 1. The molecule has 0 spiro atoms. The maximum atomic E-state index is 11.8. The second-order valence-electron chi connectivity index (χ2n) is 4.87. The lowest BCUT2D eigenvalue weighted by molar-refractivity contribution is 0.0955. The highest BCUT2D eigenvalue weighted by atomic mass is 35.5. The summed E-state index contributed by atoms with van der Waals surface area (Å²) in [6.07, 6.45) is 7.17. The van der Waals surface area contributed by atoms with Crippen LogP contribution in [0.1, 0.15) is 15.9 Å². The number of benzene rings is 2. The Bertz CT molecular complexity index is 879. The molecule has 2 N–H and O–H groups in total. The van der Waals surface area contributed by atoms with E-state index in [9.17, 15) is 4.79 Å². The number of aromatic nitrogens is 1. The van der Waals surface area contributed by atoms with Crippen LogP contribution in [0.4, 0.5) is 0 Å². The molecule has 0 unspecified atom stereocenters. The number of hydrazone groups is 1. The lowest BCUT2D eigenvalue weighted by Crippen LogP contribution is -2.17. The van der Waals surface area contributed by atoms with Crippen molar-refractivity contribution in [3.05, 3.63) is 77.0 Å². The minimum absolute atomic E-state index is 0.279. The molecule has 23 heavy (non-hydrogen) atoms. The quantitative estimate of drug-likeness (QED) is 0.547. The van der Waals surface area contributed by atoms with Gasteiger partial charge in [0, 0.05) is 33.9 Å². The van der Waals surface area contributed by atoms with E-state index in [0.29, 0.717) is 10.6 Å². The van der Waals surface area contributed by atoms with E-state index in [4.69, 9.17) is 11.6 Å². The third-order valence-electron chi connectivity index (χ3n) is 3.33. The van der Waals surface area contributed by atoms with Gasteiger partial charge in [0.15, 0.2) is 0 Å². The Morgan fingerprint density at radius 1 is 1.13 bits per heavy atom. The van der Waals surface area contributed by atoms with Crippen LogP contribution in [0, 0.1) is 0 Å². The van der Waals surface area contributed by atoms with Gasteiger partial charge in [-0.2, -0.15) is 5.10 Å². The molecule has 1 heterocycles. The summed E-state index contributed by atoms with van der Waals surface area (Å²) < 4.78 is 0. The smallest absolute Gasteiger partial charge is 0.271 e. The number of nitrogens with one attached hydrogen (secondary N) is 2. The van der Waals surface area contributed by atoms with E-state index in [1.54, 1.807) is 30.3 Å². The highest BCUT2D eigenvalue weighted by molar-refractivity contribution is 6.30. The van der Waals surface area contributed by atoms with Crippen LogP contribution in [0.15, 0.2) is 65.9 Å². The van der Waals surface area contributed by atoms with E-state index in [1.807, 2.05) is 36.5 Å². The number of fused-ring (bicyclic) bond motifs is 1. The summed E-state index contributed by atoms with van der Waals surface area (Å²) in [5.74, 6) is -0.279. The molecule has 0 bridgehead atoms. The molecule has 114 valence electrons. The van der Waals surface area contributed by atoms with Crippen molar-refractivity contribution < 1.29 is 4.79 Å². The summed E-state index contributed by atoms with van der Waals surface area (Å²) in [5, 5.41) is 5.63. The number of hydrogen-bond donors (Lipinski definition) is 2. The maximum absolute atomic E-state index is 11.8. The van der Waals surface area contributed by atoms with Crippen molar-refractivity contribution in [1.29, 1.82) is 0 Å². The highest BCUT2D eigenvalue weighted by Crippen LogP contribution is 2.18. The van der Waals surface area contributed by atoms with Crippen LogP contribution in [0.5, 0.6) is 0 Å². The molecule has 0 aliphatic rings. The fourth-order valence-electron chi connectivity index (χ4n) is 2.18. The van der Waals surface area contributed by atoms with Crippen molar-refractivity contribution in [2.45, 2.75) is 0 Å². The summed E-state index contributed by atoms with van der Waals surface area (Å²) in [6, 6.07) is 14.7. The number of carbonyl (C=O) groups is 1. The minimum atomic E-state index is -0.279. The number of aromatic amines is 1. The van der Waals surface area contributed by atoms with Gasteiger partial charge in [-0.1, -0.05) is 35.9 Å². The third-order valence-corrected chi connectivity index (χ3v) is 3.58. The number of halogens is 1. The molecule has 0 saturated carbocycles. The van der Waals surface area contributed by atoms with Gasteiger partial charge in [0.2, 0.25) is 0 Å². The lowest BCUT2D eigenvalue weighted by Gasteiger charge is -1.98. The first-order valence-corrected chi connectivity index (χ1v) is 7.43. The van der Waals surface area contributed by atoms with E-state index in [1.165, 1.54) is 6.21 Å². The molecule has 3 aromatic rings. The van der Waals surface area contributed by atoms with Crippen molar-refractivity contribution in [1.82, 2.24) is 10.4 Å². The molecule has 0 fully saturated rings. The van der Waals surface area contributed by atoms with E-state index >= 15 is 0 Å². The predicted molar refractivity (Wildman–Crippen MR) is 94.7 cm³/mol. The molecule has 5 heteroatoms. The second-order valence-corrected chi connectivity index (χ2v) is 5.31. The normalized spacial score (nSPS) is 11.5. The SMILES string of the molecule is O=C(NN=C/C=C/c1c[nH]c2ccccc12)c1ccc(Cl)cc1. The van der Waals surface area contributed by atoms with Gasteiger partial charge in [0.1, 0.15) is 0 Å². The summed E-state index contributed by atoms with van der Waals surface area (Å²) >= 11 is 5.78. The van der Waals surface area contributed by atoms with Gasteiger partial charge >= 0.3 is 0 Å². The first kappa shape index (κ1) is 15.1. The molecular formula is C18H14ClN3O. The van der Waals surface area contributed by atoms with Gasteiger partial charge in [-0.3, -0.25) is 4.79 Å². The van der Waals surface area contributed by atoms with Crippen molar-refractivity contribution in [3.63, 3.8) is 0 Å². The van der Waals surface area contributed by atoms with Crippen molar-refractivity contribution >= 4 is 40.7 Å². The monoisotopic (exact) mass is 323 g/mol. The van der Waals surface area contributed by atoms with Crippen LogP contribution in [-0.4, -0.2) is 17.1 Å². The summed E-state index contributed by atoms with van der Waals surface area (Å²) in [6.45, 7) is 0. The van der Waals surface area contributed by atoms with E-state index in [-0.39, 0.29) is 5.91 Å². The number of H-pyrrole nitrogens is 1. The average molecular weight is 324 g/mol. The zero-order valence-electron chi connectivity index (χ0n) is 12.2. The molecule has 0 radical (unpaired) electrons. The van der Waals surface area contributed by atoms with Crippen molar-refractivity contribution in [3.8, 4) is 0 Å². The molecule has 0 saturated heterocycles. The molecule has 2 aromatic carbocycles. The van der Waals surface area contributed by atoms with Crippen LogP contribution in [0.2, 0.25) is 5.02 Å². The third kappa shape index (κ3) is 3.67. The molecular weight excluding hydrogens is 310 g/mol. The Morgan fingerprint density at radius 3 is 2.74 bits per heavy atom. The average Bonchev–Trinajstić information content (AvgIpc) is 2.98. The molecule has 0 aliphatic heterocycles. The summed E-state index contributed by atoms with van der Waals surface area (Å²) in [4.78, 5) is 15.0. The molecule has 0 aliphatic carbocycles. The largest absolute Gasteiger partial charge is 0.361 e. The van der Waals surface area contributed by atoms with Crippen molar-refractivity contribution in [2.75, 3.05) is 0 Å². The molecule has 0 atom stereocenters. The fourth-order valence-corrected chi connectivity index (χ4v) is 2.31. The zero-order chi connectivity index (χ0) is 16.1. The van der Waals surface area contributed by atoms with Crippen LogP contribution >= 0.6 is 11.6 Å². The molecule has 4 nitrogen and oxygen atoms in total. The summed E-state index contributed by atoms with van der Waals surface area (Å²) in [5.41, 5.74) is 5.12. The van der Waals surface area contributed by atoms with Crippen LogP contribution in [0.3, 0.4) is 0 Å². The van der Waals surface area contributed by atoms with Crippen LogP contribution in [0.25, 0.3) is 17.0 Å². The zero-order valence-corrected chi connectivity index (χ0v) is 12.9. The Balaban J connectivity index is 1.60.